The lowest BCUT2D eigenvalue weighted by molar-refractivity contribution is 0.102. The summed E-state index contributed by atoms with van der Waals surface area (Å²) in [6.07, 6.45) is 0. The van der Waals surface area contributed by atoms with Crippen LogP contribution < -0.4 is 11.1 Å². The van der Waals surface area contributed by atoms with Gasteiger partial charge in [0.05, 0.1) is 12.1 Å². The van der Waals surface area contributed by atoms with Crippen molar-refractivity contribution < 1.29 is 9.18 Å². The fourth-order valence-electron chi connectivity index (χ4n) is 1.64. The van der Waals surface area contributed by atoms with Gasteiger partial charge in [0, 0.05) is 11.3 Å². The lowest BCUT2D eigenvalue weighted by atomic mass is 10.1. The average molecular weight is 268 g/mol. The zero-order chi connectivity index (χ0) is 14.4. The molecule has 0 bridgehead atoms. The molecule has 0 radical (unpaired) electrons. The lowest BCUT2D eigenvalue weighted by Crippen LogP contribution is -2.11. The molecule has 3 nitrogen and oxygen atoms in total. The molecule has 0 aromatic heterocycles. The summed E-state index contributed by atoms with van der Waals surface area (Å²) in [6.45, 7) is 0.153. The van der Waals surface area contributed by atoms with E-state index in [1.54, 1.807) is 24.3 Å². The summed E-state index contributed by atoms with van der Waals surface area (Å²) < 4.78 is 13.5. The van der Waals surface area contributed by atoms with Gasteiger partial charge >= 0.3 is 0 Å². The van der Waals surface area contributed by atoms with E-state index in [9.17, 15) is 9.18 Å². The molecule has 0 aliphatic rings. The van der Waals surface area contributed by atoms with E-state index in [1.165, 1.54) is 18.2 Å². The highest BCUT2D eigenvalue weighted by Crippen LogP contribution is 2.15. The van der Waals surface area contributed by atoms with Crippen LogP contribution >= 0.6 is 0 Å². The fraction of sp³-hybridized carbons (Fsp3) is 0.0625. The van der Waals surface area contributed by atoms with Crippen LogP contribution in [0, 0.1) is 17.7 Å². The summed E-state index contributed by atoms with van der Waals surface area (Å²) in [4.78, 5) is 12.0. The molecule has 0 aliphatic heterocycles. The van der Waals surface area contributed by atoms with Crippen molar-refractivity contribution in [1.29, 1.82) is 0 Å². The van der Waals surface area contributed by atoms with E-state index in [4.69, 9.17) is 5.73 Å². The first-order valence-electron chi connectivity index (χ1n) is 6.05. The normalized spacial score (nSPS) is 9.50. The summed E-state index contributed by atoms with van der Waals surface area (Å²) in [6, 6.07) is 13.0. The number of hydrogen-bond donors (Lipinski definition) is 2. The Hall–Kier alpha value is -2.64. The predicted molar refractivity (Wildman–Crippen MR) is 76.7 cm³/mol. The lowest BCUT2D eigenvalue weighted by Gasteiger charge is -2.06. The molecule has 1 amide bonds. The molecule has 0 atom stereocenters. The SMILES string of the molecule is NCC#Cc1cc(NC(=O)c2ccccc2)ccc1F. The molecule has 0 saturated carbocycles. The molecule has 3 N–H and O–H groups in total. The van der Waals surface area contributed by atoms with Crippen molar-refractivity contribution in [2.24, 2.45) is 5.73 Å². The smallest absolute Gasteiger partial charge is 0.255 e. The third kappa shape index (κ3) is 3.44. The highest BCUT2D eigenvalue weighted by atomic mass is 19.1. The van der Waals surface area contributed by atoms with Gasteiger partial charge in [-0.2, -0.15) is 0 Å². The van der Waals surface area contributed by atoms with Crippen molar-refractivity contribution in [1.82, 2.24) is 0 Å². The maximum atomic E-state index is 13.5. The van der Waals surface area contributed by atoms with Crippen LogP contribution in [0.25, 0.3) is 0 Å². The van der Waals surface area contributed by atoms with Crippen LogP contribution in [-0.4, -0.2) is 12.5 Å². The first-order valence-corrected chi connectivity index (χ1v) is 6.05. The van der Waals surface area contributed by atoms with Gasteiger partial charge in [-0.05, 0) is 30.3 Å². The molecule has 100 valence electrons. The van der Waals surface area contributed by atoms with Crippen molar-refractivity contribution in [3.63, 3.8) is 0 Å². The number of nitrogens with one attached hydrogen (secondary N) is 1. The molecule has 2 aromatic carbocycles. The Labute approximate surface area is 116 Å². The Balaban J connectivity index is 2.20. The molecule has 20 heavy (non-hydrogen) atoms. The van der Waals surface area contributed by atoms with Gasteiger partial charge in [-0.25, -0.2) is 4.39 Å². The molecular weight excluding hydrogens is 255 g/mol. The van der Waals surface area contributed by atoms with Crippen LogP contribution in [0.15, 0.2) is 48.5 Å². The summed E-state index contributed by atoms with van der Waals surface area (Å²) in [5, 5.41) is 2.70. The number of hydrogen-bond acceptors (Lipinski definition) is 2. The van der Waals surface area contributed by atoms with Crippen LogP contribution in [0.4, 0.5) is 10.1 Å². The molecule has 0 heterocycles. The van der Waals surface area contributed by atoms with E-state index in [0.717, 1.165) is 0 Å². The number of anilines is 1. The summed E-state index contributed by atoms with van der Waals surface area (Å²) in [7, 11) is 0. The van der Waals surface area contributed by atoms with Crippen LogP contribution in [0.3, 0.4) is 0 Å². The van der Waals surface area contributed by atoms with Gasteiger partial charge in [-0.15, -0.1) is 0 Å². The van der Waals surface area contributed by atoms with Gasteiger partial charge in [0.15, 0.2) is 0 Å². The van der Waals surface area contributed by atoms with Gasteiger partial charge in [0.2, 0.25) is 0 Å². The third-order valence-electron chi connectivity index (χ3n) is 2.59. The number of carbonyl (C=O) groups is 1. The molecule has 0 saturated heterocycles. The predicted octanol–water partition coefficient (Wildman–Crippen LogP) is 2.39. The van der Waals surface area contributed by atoms with Gasteiger partial charge in [0.1, 0.15) is 5.82 Å². The van der Waals surface area contributed by atoms with Crippen LogP contribution in [0.5, 0.6) is 0 Å². The maximum absolute atomic E-state index is 13.5. The molecular formula is C16H13FN2O. The first kappa shape index (κ1) is 13.8. The largest absolute Gasteiger partial charge is 0.322 e. The molecule has 0 unspecified atom stereocenters. The monoisotopic (exact) mass is 268 g/mol. The fourth-order valence-corrected chi connectivity index (χ4v) is 1.64. The van der Waals surface area contributed by atoms with Crippen molar-refractivity contribution in [2.75, 3.05) is 11.9 Å². The van der Waals surface area contributed by atoms with E-state index in [0.29, 0.717) is 11.3 Å². The highest BCUT2D eigenvalue weighted by Gasteiger charge is 2.07. The number of carbonyl (C=O) groups excluding carboxylic acids is 1. The summed E-state index contributed by atoms with van der Waals surface area (Å²) in [5.74, 6) is 4.51. The molecule has 2 aromatic rings. The van der Waals surface area contributed by atoms with Crippen LogP contribution in [-0.2, 0) is 0 Å². The number of benzene rings is 2. The number of rotatable bonds is 2. The van der Waals surface area contributed by atoms with E-state index in [-0.39, 0.29) is 18.0 Å². The zero-order valence-corrected chi connectivity index (χ0v) is 10.7. The number of nitrogens with two attached hydrogens (primary N) is 1. The molecule has 4 heteroatoms. The van der Waals surface area contributed by atoms with Crippen molar-refractivity contribution >= 4 is 11.6 Å². The maximum Gasteiger partial charge on any atom is 0.255 e. The Morgan fingerprint density at radius 2 is 1.95 bits per heavy atom. The minimum Gasteiger partial charge on any atom is -0.322 e. The second-order valence-electron chi connectivity index (χ2n) is 4.02. The molecule has 0 fully saturated rings. The van der Waals surface area contributed by atoms with E-state index < -0.39 is 5.82 Å². The van der Waals surface area contributed by atoms with Crippen molar-refractivity contribution in [2.45, 2.75) is 0 Å². The van der Waals surface area contributed by atoms with E-state index in [2.05, 4.69) is 17.2 Å². The minimum absolute atomic E-state index is 0.153. The minimum atomic E-state index is -0.441. The van der Waals surface area contributed by atoms with E-state index >= 15 is 0 Å². The number of amides is 1. The van der Waals surface area contributed by atoms with Gasteiger partial charge in [-0.3, -0.25) is 4.79 Å². The summed E-state index contributed by atoms with van der Waals surface area (Å²) in [5.41, 5.74) is 6.49. The van der Waals surface area contributed by atoms with Crippen LogP contribution in [0.1, 0.15) is 15.9 Å². The molecule has 2 rings (SSSR count). The van der Waals surface area contributed by atoms with Gasteiger partial charge in [-0.1, -0.05) is 30.0 Å². The Morgan fingerprint density at radius 3 is 2.65 bits per heavy atom. The second kappa shape index (κ2) is 6.50. The van der Waals surface area contributed by atoms with Crippen molar-refractivity contribution in [3.05, 3.63) is 65.5 Å². The average Bonchev–Trinajstić information content (AvgIpc) is 2.48. The Bertz CT molecular complexity index is 672. The highest BCUT2D eigenvalue weighted by molar-refractivity contribution is 6.04. The van der Waals surface area contributed by atoms with Gasteiger partial charge < -0.3 is 11.1 Å². The molecule has 0 spiro atoms. The van der Waals surface area contributed by atoms with Crippen LogP contribution in [0.2, 0.25) is 0 Å². The quantitative estimate of drug-likeness (QED) is 0.822. The third-order valence-corrected chi connectivity index (χ3v) is 2.59. The Kier molecular flexibility index (Phi) is 4.48. The Morgan fingerprint density at radius 1 is 1.20 bits per heavy atom. The summed E-state index contributed by atoms with van der Waals surface area (Å²) >= 11 is 0. The topological polar surface area (TPSA) is 55.1 Å². The second-order valence-corrected chi connectivity index (χ2v) is 4.02. The number of halogens is 1. The zero-order valence-electron chi connectivity index (χ0n) is 10.7. The van der Waals surface area contributed by atoms with E-state index in [1.807, 2.05) is 6.07 Å². The van der Waals surface area contributed by atoms with Crippen molar-refractivity contribution in [3.8, 4) is 11.8 Å². The molecule has 0 aliphatic carbocycles. The first-order chi connectivity index (χ1) is 9.70. The van der Waals surface area contributed by atoms with Gasteiger partial charge in [0.25, 0.3) is 5.91 Å². The standard InChI is InChI=1S/C16H13FN2O/c17-15-9-8-14(11-13(15)7-4-10-18)19-16(20)12-5-2-1-3-6-12/h1-3,5-6,8-9,11H,10,18H2,(H,19,20).